The molecule has 0 aromatic heterocycles. The maximum absolute atomic E-state index is 9.22. The lowest BCUT2D eigenvalue weighted by Crippen LogP contribution is -2.28. The molecule has 0 amide bonds. The number of nitriles is 2. The quantitative estimate of drug-likeness (QED) is 0.617. The number of nitrogens with one attached hydrogen (secondary N) is 1. The van der Waals surface area contributed by atoms with Crippen LogP contribution in [0.4, 0.5) is 5.69 Å². The lowest BCUT2D eigenvalue weighted by atomic mass is 9.79. The van der Waals surface area contributed by atoms with Crippen molar-refractivity contribution in [2.24, 2.45) is 0 Å². The second-order valence-corrected chi connectivity index (χ2v) is 8.69. The van der Waals surface area contributed by atoms with Crippen LogP contribution in [-0.2, 0) is 6.61 Å². The van der Waals surface area contributed by atoms with Crippen LogP contribution in [0.5, 0.6) is 5.75 Å². The van der Waals surface area contributed by atoms with E-state index in [0.717, 1.165) is 11.4 Å². The number of ether oxygens (including phenoxy) is 1. The van der Waals surface area contributed by atoms with Crippen LogP contribution in [0.25, 0.3) is 0 Å². The second kappa shape index (κ2) is 10.1. The van der Waals surface area contributed by atoms with Gasteiger partial charge in [-0.1, -0.05) is 36.8 Å². The summed E-state index contributed by atoms with van der Waals surface area (Å²) < 4.78 is 6.10. The molecule has 2 N–H and O–H groups in total. The van der Waals surface area contributed by atoms with Gasteiger partial charge in [0.1, 0.15) is 23.5 Å². The Kier molecular flexibility index (Phi) is 7.86. The van der Waals surface area contributed by atoms with Crippen molar-refractivity contribution in [3.63, 3.8) is 0 Å². The molecule has 1 aliphatic rings. The van der Waals surface area contributed by atoms with Gasteiger partial charge in [0.15, 0.2) is 0 Å². The largest absolute Gasteiger partial charge is 0.489 e. The first-order chi connectivity index (χ1) is 14.1. The van der Waals surface area contributed by atoms with Gasteiger partial charge in [-0.2, -0.15) is 10.5 Å². The van der Waals surface area contributed by atoms with E-state index in [2.05, 4.69) is 29.6 Å². The van der Waals surface area contributed by atoms with Crippen molar-refractivity contribution in [2.45, 2.75) is 70.6 Å². The van der Waals surface area contributed by atoms with Crippen molar-refractivity contribution in [2.75, 3.05) is 5.32 Å². The van der Waals surface area contributed by atoms with Gasteiger partial charge in [-0.15, -0.1) is 0 Å². The van der Waals surface area contributed by atoms with Crippen LogP contribution >= 0.6 is 0 Å². The van der Waals surface area contributed by atoms with Crippen molar-refractivity contribution in [3.8, 4) is 17.9 Å². The molecule has 1 fully saturated rings. The van der Waals surface area contributed by atoms with Gasteiger partial charge < -0.3 is 15.2 Å². The first-order valence-electron chi connectivity index (χ1n) is 10.3. The maximum atomic E-state index is 9.22. The van der Waals surface area contributed by atoms with Crippen LogP contribution in [0, 0.1) is 22.7 Å². The van der Waals surface area contributed by atoms with Gasteiger partial charge in [-0.3, -0.25) is 0 Å². The molecule has 0 saturated heterocycles. The standard InChI is InChI=1S/C21H24N2O.C4H7NO/c1-21(2,15-22)23-18-11-12-20(19(13-18)17-9-6-10-17)24-14-16-7-4-3-5-8-16;1-4(2,6)3-5/h3-5,7-8,11-13,17,23H,6,9-10,14H2,1-2H3;6H,1-2H3. The number of anilines is 1. The lowest BCUT2D eigenvalue weighted by molar-refractivity contribution is 0.141. The minimum absolute atomic E-state index is 0.572. The average Bonchev–Trinajstić information content (AvgIpc) is 2.66. The minimum atomic E-state index is -1.15. The van der Waals surface area contributed by atoms with E-state index in [-0.39, 0.29) is 0 Å². The lowest BCUT2D eigenvalue weighted by Gasteiger charge is -2.29. The fourth-order valence-corrected chi connectivity index (χ4v) is 2.92. The van der Waals surface area contributed by atoms with E-state index in [1.807, 2.05) is 44.2 Å². The Balaban J connectivity index is 0.000000469. The summed E-state index contributed by atoms with van der Waals surface area (Å²) in [5.41, 5.74) is 1.68. The summed E-state index contributed by atoms with van der Waals surface area (Å²) >= 11 is 0. The van der Waals surface area contributed by atoms with E-state index in [0.29, 0.717) is 12.5 Å². The molecule has 5 heteroatoms. The molecule has 0 atom stereocenters. The number of nitrogens with zero attached hydrogens (tertiary/aromatic N) is 2. The number of hydrogen-bond donors (Lipinski definition) is 2. The zero-order valence-electron chi connectivity index (χ0n) is 18.3. The predicted octanol–water partition coefficient (Wildman–Crippen LogP) is 5.53. The molecule has 0 unspecified atom stereocenters. The Morgan fingerprint density at radius 1 is 1.03 bits per heavy atom. The summed E-state index contributed by atoms with van der Waals surface area (Å²) in [7, 11) is 0. The third-order valence-corrected chi connectivity index (χ3v) is 4.80. The molecule has 0 bridgehead atoms. The summed E-state index contributed by atoms with van der Waals surface area (Å²) in [6, 6.07) is 20.4. The molecule has 2 aromatic carbocycles. The van der Waals surface area contributed by atoms with Gasteiger partial charge in [0.05, 0.1) is 12.1 Å². The summed E-state index contributed by atoms with van der Waals surface area (Å²) in [6.45, 7) is 7.22. The van der Waals surface area contributed by atoms with E-state index < -0.39 is 11.1 Å². The zero-order chi connectivity index (χ0) is 22.2. The number of aliphatic hydroxyl groups is 1. The molecule has 1 aliphatic carbocycles. The van der Waals surface area contributed by atoms with E-state index >= 15 is 0 Å². The van der Waals surface area contributed by atoms with Crippen LogP contribution in [0.3, 0.4) is 0 Å². The Bertz CT molecular complexity index is 899. The fraction of sp³-hybridized carbons (Fsp3) is 0.440. The SMILES string of the molecule is CC(C)(C#N)Nc1ccc(OCc2ccccc2)c(C2CCC2)c1.CC(C)(O)C#N. The van der Waals surface area contributed by atoms with Crippen LogP contribution in [0.1, 0.15) is 64.0 Å². The highest BCUT2D eigenvalue weighted by molar-refractivity contribution is 5.55. The van der Waals surface area contributed by atoms with Crippen LogP contribution in [-0.4, -0.2) is 16.2 Å². The van der Waals surface area contributed by atoms with Crippen LogP contribution in [0.2, 0.25) is 0 Å². The Hall–Kier alpha value is -3.02. The summed E-state index contributed by atoms with van der Waals surface area (Å²) in [5.74, 6) is 1.53. The summed E-state index contributed by atoms with van der Waals surface area (Å²) in [5, 5.41) is 28.9. The molecule has 0 aliphatic heterocycles. The van der Waals surface area contributed by atoms with E-state index in [4.69, 9.17) is 15.1 Å². The van der Waals surface area contributed by atoms with Crippen molar-refractivity contribution in [3.05, 3.63) is 59.7 Å². The number of benzene rings is 2. The average molecular weight is 406 g/mol. The van der Waals surface area contributed by atoms with Crippen molar-refractivity contribution < 1.29 is 9.84 Å². The Morgan fingerprint density at radius 3 is 2.17 bits per heavy atom. The molecule has 0 radical (unpaired) electrons. The maximum Gasteiger partial charge on any atom is 0.145 e. The first-order valence-corrected chi connectivity index (χ1v) is 10.3. The molecule has 1 saturated carbocycles. The molecular formula is C25H31N3O2. The van der Waals surface area contributed by atoms with Gasteiger partial charge in [0, 0.05) is 5.69 Å². The highest BCUT2D eigenvalue weighted by atomic mass is 16.5. The Morgan fingerprint density at radius 2 is 1.67 bits per heavy atom. The highest BCUT2D eigenvalue weighted by Crippen LogP contribution is 2.42. The van der Waals surface area contributed by atoms with Gasteiger partial charge in [-0.25, -0.2) is 0 Å². The van der Waals surface area contributed by atoms with Gasteiger partial charge in [-0.05, 0) is 75.8 Å². The third kappa shape index (κ3) is 7.43. The molecular weight excluding hydrogens is 374 g/mol. The fourth-order valence-electron chi connectivity index (χ4n) is 2.92. The van der Waals surface area contributed by atoms with E-state index in [9.17, 15) is 5.26 Å². The molecule has 158 valence electrons. The highest BCUT2D eigenvalue weighted by Gasteiger charge is 2.24. The Labute approximate surface area is 179 Å². The van der Waals surface area contributed by atoms with Gasteiger partial charge >= 0.3 is 0 Å². The first kappa shape index (κ1) is 23.3. The third-order valence-electron chi connectivity index (χ3n) is 4.80. The minimum Gasteiger partial charge on any atom is -0.489 e. The second-order valence-electron chi connectivity index (χ2n) is 8.69. The molecule has 0 heterocycles. The van der Waals surface area contributed by atoms with Crippen molar-refractivity contribution >= 4 is 5.69 Å². The topological polar surface area (TPSA) is 89.1 Å². The predicted molar refractivity (Wildman–Crippen MR) is 119 cm³/mol. The van der Waals surface area contributed by atoms with Crippen LogP contribution < -0.4 is 10.1 Å². The van der Waals surface area contributed by atoms with Crippen molar-refractivity contribution in [1.29, 1.82) is 10.5 Å². The summed E-state index contributed by atoms with van der Waals surface area (Å²) in [4.78, 5) is 0. The molecule has 3 rings (SSSR count). The molecule has 0 spiro atoms. The molecule has 30 heavy (non-hydrogen) atoms. The van der Waals surface area contributed by atoms with Crippen molar-refractivity contribution in [1.82, 2.24) is 0 Å². The van der Waals surface area contributed by atoms with E-state index in [1.165, 1.54) is 44.2 Å². The zero-order valence-corrected chi connectivity index (χ0v) is 18.3. The molecule has 5 nitrogen and oxygen atoms in total. The number of hydrogen-bond acceptors (Lipinski definition) is 5. The molecule has 2 aromatic rings. The van der Waals surface area contributed by atoms with E-state index in [1.54, 1.807) is 6.07 Å². The van der Waals surface area contributed by atoms with Gasteiger partial charge in [0.25, 0.3) is 0 Å². The smallest absolute Gasteiger partial charge is 0.145 e. The normalized spacial score (nSPS) is 13.7. The monoisotopic (exact) mass is 405 g/mol. The summed E-state index contributed by atoms with van der Waals surface area (Å²) in [6.07, 6.45) is 3.71. The van der Waals surface area contributed by atoms with Crippen LogP contribution in [0.15, 0.2) is 48.5 Å². The number of rotatable bonds is 6. The van der Waals surface area contributed by atoms with Gasteiger partial charge in [0.2, 0.25) is 0 Å².